The van der Waals surface area contributed by atoms with Gasteiger partial charge >= 0.3 is 0 Å². The van der Waals surface area contributed by atoms with E-state index in [9.17, 15) is 0 Å². The van der Waals surface area contributed by atoms with Gasteiger partial charge in [-0.2, -0.15) is 4.98 Å². The van der Waals surface area contributed by atoms with Gasteiger partial charge in [-0.3, -0.25) is 4.98 Å². The first kappa shape index (κ1) is 13.5. The van der Waals surface area contributed by atoms with Gasteiger partial charge in [-0.15, -0.1) is 0 Å². The molecule has 0 aliphatic heterocycles. The second-order valence-electron chi connectivity index (χ2n) is 3.99. The molecule has 0 aliphatic carbocycles. The van der Waals surface area contributed by atoms with Crippen LogP contribution in [0.4, 0.5) is 5.69 Å². The van der Waals surface area contributed by atoms with E-state index in [1.807, 2.05) is 30.3 Å². The van der Waals surface area contributed by atoms with E-state index in [-0.39, 0.29) is 0 Å². The summed E-state index contributed by atoms with van der Waals surface area (Å²) in [7, 11) is 0. The molecule has 5 nitrogen and oxygen atoms in total. The van der Waals surface area contributed by atoms with Crippen molar-refractivity contribution in [2.24, 2.45) is 0 Å². The van der Waals surface area contributed by atoms with Crippen molar-refractivity contribution in [2.45, 2.75) is 0 Å². The van der Waals surface area contributed by atoms with Gasteiger partial charge in [0, 0.05) is 19.9 Å². The molecule has 2 N–H and O–H groups in total. The van der Waals surface area contributed by atoms with E-state index in [0.717, 1.165) is 13.6 Å². The van der Waals surface area contributed by atoms with Gasteiger partial charge < -0.3 is 10.3 Å². The first-order chi connectivity index (χ1) is 9.65. The highest BCUT2D eigenvalue weighted by Gasteiger charge is 2.15. The standard InChI is InChI=1S/C13H8BrIN4O/c14-9-2-1-5-17-11(9)12-18-13(20-19-12)8-6-7(15)3-4-10(8)16/h1-6H,16H2. The number of halogens is 2. The van der Waals surface area contributed by atoms with Crippen LogP contribution in [0.2, 0.25) is 0 Å². The van der Waals surface area contributed by atoms with Gasteiger partial charge in [0.05, 0.1) is 5.56 Å². The van der Waals surface area contributed by atoms with Crippen molar-refractivity contribution in [2.75, 3.05) is 5.73 Å². The Balaban J connectivity index is 2.07. The second-order valence-corrected chi connectivity index (χ2v) is 6.09. The Kier molecular flexibility index (Phi) is 3.70. The molecule has 0 radical (unpaired) electrons. The Bertz CT molecular complexity index is 775. The van der Waals surface area contributed by atoms with Gasteiger partial charge in [-0.25, -0.2) is 0 Å². The number of nitrogen functional groups attached to an aromatic ring is 1. The summed E-state index contributed by atoms with van der Waals surface area (Å²) in [6.07, 6.45) is 1.68. The molecule has 100 valence electrons. The fourth-order valence-electron chi connectivity index (χ4n) is 1.69. The molecule has 0 saturated carbocycles. The van der Waals surface area contributed by atoms with E-state index >= 15 is 0 Å². The Hall–Kier alpha value is -1.48. The van der Waals surface area contributed by atoms with Crippen LogP contribution in [0.3, 0.4) is 0 Å². The number of pyridine rings is 1. The van der Waals surface area contributed by atoms with Gasteiger partial charge in [0.15, 0.2) is 0 Å². The van der Waals surface area contributed by atoms with Gasteiger partial charge in [0.2, 0.25) is 5.82 Å². The molecule has 0 saturated heterocycles. The van der Waals surface area contributed by atoms with Crippen molar-refractivity contribution in [3.05, 3.63) is 44.6 Å². The van der Waals surface area contributed by atoms with E-state index in [1.54, 1.807) is 6.20 Å². The predicted molar refractivity (Wildman–Crippen MR) is 87.8 cm³/mol. The summed E-state index contributed by atoms with van der Waals surface area (Å²) in [4.78, 5) is 8.59. The van der Waals surface area contributed by atoms with Crippen molar-refractivity contribution in [1.82, 2.24) is 15.1 Å². The molecule has 1 aromatic carbocycles. The summed E-state index contributed by atoms with van der Waals surface area (Å²) in [6, 6.07) is 9.34. The van der Waals surface area contributed by atoms with Crippen LogP contribution in [0.15, 0.2) is 45.5 Å². The fraction of sp³-hybridized carbons (Fsp3) is 0. The maximum absolute atomic E-state index is 5.94. The largest absolute Gasteiger partial charge is 0.398 e. The molecular formula is C13H8BrIN4O. The van der Waals surface area contributed by atoms with Crippen LogP contribution in [0.5, 0.6) is 0 Å². The minimum absolute atomic E-state index is 0.383. The number of nitrogens with two attached hydrogens (primary N) is 1. The third-order valence-corrected chi connectivity index (χ3v) is 3.95. The molecule has 0 fully saturated rings. The van der Waals surface area contributed by atoms with Crippen LogP contribution in [0.25, 0.3) is 23.0 Å². The lowest BCUT2D eigenvalue weighted by atomic mass is 10.2. The van der Waals surface area contributed by atoms with Crippen LogP contribution < -0.4 is 5.73 Å². The summed E-state index contributed by atoms with van der Waals surface area (Å²) in [5, 5.41) is 3.96. The number of benzene rings is 1. The Morgan fingerprint density at radius 2 is 2.10 bits per heavy atom. The summed E-state index contributed by atoms with van der Waals surface area (Å²) in [6.45, 7) is 0. The SMILES string of the molecule is Nc1ccc(I)cc1-c1nc(-c2ncccc2Br)no1. The van der Waals surface area contributed by atoms with Gasteiger partial charge in [0.1, 0.15) is 5.69 Å². The molecule has 0 unspecified atom stereocenters. The topological polar surface area (TPSA) is 77.8 Å². The Morgan fingerprint density at radius 1 is 1.25 bits per heavy atom. The summed E-state index contributed by atoms with van der Waals surface area (Å²) in [5.41, 5.74) is 7.90. The third kappa shape index (κ3) is 2.55. The van der Waals surface area contributed by atoms with Crippen molar-refractivity contribution >= 4 is 44.2 Å². The van der Waals surface area contributed by atoms with Crippen molar-refractivity contribution in [1.29, 1.82) is 0 Å². The number of rotatable bonds is 2. The van der Waals surface area contributed by atoms with Crippen LogP contribution in [0.1, 0.15) is 0 Å². The first-order valence-corrected chi connectivity index (χ1v) is 7.52. The average molecular weight is 443 g/mol. The number of anilines is 1. The zero-order valence-corrected chi connectivity index (χ0v) is 13.8. The van der Waals surface area contributed by atoms with E-state index in [0.29, 0.717) is 23.1 Å². The molecule has 0 aliphatic rings. The maximum Gasteiger partial charge on any atom is 0.260 e. The smallest absolute Gasteiger partial charge is 0.260 e. The summed E-state index contributed by atoms with van der Waals surface area (Å²) in [5.74, 6) is 0.805. The molecule has 2 aromatic heterocycles. The molecule has 20 heavy (non-hydrogen) atoms. The van der Waals surface area contributed by atoms with E-state index < -0.39 is 0 Å². The molecule has 2 heterocycles. The normalized spacial score (nSPS) is 10.7. The van der Waals surface area contributed by atoms with Crippen LogP contribution >= 0.6 is 38.5 Å². The van der Waals surface area contributed by atoms with Crippen LogP contribution in [0, 0.1) is 3.57 Å². The van der Waals surface area contributed by atoms with Crippen molar-refractivity contribution in [3.63, 3.8) is 0 Å². The molecule has 0 spiro atoms. The highest BCUT2D eigenvalue weighted by Crippen LogP contribution is 2.29. The maximum atomic E-state index is 5.94. The van der Waals surface area contributed by atoms with E-state index in [4.69, 9.17) is 10.3 Å². The van der Waals surface area contributed by atoms with Gasteiger partial charge in [-0.1, -0.05) is 5.16 Å². The minimum Gasteiger partial charge on any atom is -0.398 e. The highest BCUT2D eigenvalue weighted by atomic mass is 127. The van der Waals surface area contributed by atoms with Crippen molar-refractivity contribution in [3.8, 4) is 23.0 Å². The molecule has 0 amide bonds. The fourth-order valence-corrected chi connectivity index (χ4v) is 2.62. The molecule has 7 heteroatoms. The number of hydrogen-bond acceptors (Lipinski definition) is 5. The molecule has 0 atom stereocenters. The van der Waals surface area contributed by atoms with Gasteiger partial charge in [-0.05, 0) is 68.9 Å². The molecular weight excluding hydrogens is 435 g/mol. The van der Waals surface area contributed by atoms with E-state index in [1.165, 1.54) is 0 Å². The Morgan fingerprint density at radius 3 is 2.90 bits per heavy atom. The van der Waals surface area contributed by atoms with Crippen LogP contribution in [-0.4, -0.2) is 15.1 Å². The quantitative estimate of drug-likeness (QED) is 0.483. The van der Waals surface area contributed by atoms with Crippen LogP contribution in [-0.2, 0) is 0 Å². The molecule has 3 rings (SSSR count). The summed E-state index contributed by atoms with van der Waals surface area (Å²) < 4.78 is 7.15. The zero-order chi connectivity index (χ0) is 14.1. The van der Waals surface area contributed by atoms with Gasteiger partial charge in [0.25, 0.3) is 5.89 Å². The van der Waals surface area contributed by atoms with Crippen molar-refractivity contribution < 1.29 is 4.52 Å². The monoisotopic (exact) mass is 442 g/mol. The Labute approximate surface area is 136 Å². The lowest BCUT2D eigenvalue weighted by molar-refractivity contribution is 0.432. The minimum atomic E-state index is 0.383. The lowest BCUT2D eigenvalue weighted by Crippen LogP contribution is -1.91. The average Bonchev–Trinajstić information content (AvgIpc) is 2.91. The summed E-state index contributed by atoms with van der Waals surface area (Å²) >= 11 is 5.62. The molecule has 0 bridgehead atoms. The number of hydrogen-bond donors (Lipinski definition) is 1. The number of nitrogens with zero attached hydrogens (tertiary/aromatic N) is 3. The lowest BCUT2D eigenvalue weighted by Gasteiger charge is -2.00. The van der Waals surface area contributed by atoms with E-state index in [2.05, 4.69) is 53.6 Å². The predicted octanol–water partition coefficient (Wildman–Crippen LogP) is 3.75. The zero-order valence-electron chi connectivity index (χ0n) is 10.0. The third-order valence-electron chi connectivity index (χ3n) is 2.64. The number of aromatic nitrogens is 3. The first-order valence-electron chi connectivity index (χ1n) is 5.65. The molecule has 3 aromatic rings. The second kappa shape index (κ2) is 5.49. The highest BCUT2D eigenvalue weighted by molar-refractivity contribution is 14.1.